The molecule has 2 aliphatic heterocycles. The zero-order valence-electron chi connectivity index (χ0n) is 15.1. The van der Waals surface area contributed by atoms with Crippen molar-refractivity contribution in [3.63, 3.8) is 0 Å². The summed E-state index contributed by atoms with van der Waals surface area (Å²) in [6.07, 6.45) is 16.3. The fourth-order valence-corrected chi connectivity index (χ4v) is 3.63. The molecule has 2 nitrogen and oxygen atoms in total. The molecule has 0 N–H and O–H groups in total. The fourth-order valence-electron chi connectivity index (χ4n) is 3.63. The summed E-state index contributed by atoms with van der Waals surface area (Å²) in [6, 6.07) is 16.5. The third-order valence-electron chi connectivity index (χ3n) is 5.10. The molecule has 2 aromatic rings. The third-order valence-corrected chi connectivity index (χ3v) is 5.10. The topological polar surface area (TPSA) is 18.5 Å². The van der Waals surface area contributed by atoms with Gasteiger partial charge >= 0.3 is 0 Å². The monoisotopic (exact) mass is 346 g/mol. The summed E-state index contributed by atoms with van der Waals surface area (Å²) in [6.45, 7) is 0. The molecule has 0 spiro atoms. The van der Waals surface area contributed by atoms with Crippen molar-refractivity contribution < 1.29 is 9.47 Å². The van der Waals surface area contributed by atoms with Gasteiger partial charge in [-0.15, -0.1) is 0 Å². The van der Waals surface area contributed by atoms with Gasteiger partial charge < -0.3 is 9.47 Å². The van der Waals surface area contributed by atoms with Crippen molar-refractivity contribution in [1.82, 2.24) is 0 Å². The Morgan fingerprint density at radius 3 is 1.54 bits per heavy atom. The molecule has 2 atom stereocenters. The van der Waals surface area contributed by atoms with Crippen LogP contribution in [-0.2, 0) is 0 Å². The van der Waals surface area contributed by atoms with Crippen molar-refractivity contribution in [2.75, 3.05) is 0 Å². The second kappa shape index (κ2) is 8.27. The summed E-state index contributed by atoms with van der Waals surface area (Å²) in [7, 11) is 0. The van der Waals surface area contributed by atoms with Gasteiger partial charge in [-0.25, -0.2) is 0 Å². The molecule has 2 aliphatic rings. The average Bonchev–Trinajstić information content (AvgIpc) is 2.70. The van der Waals surface area contributed by atoms with Gasteiger partial charge in [-0.2, -0.15) is 0 Å². The molecule has 0 aliphatic carbocycles. The third kappa shape index (κ3) is 4.19. The Kier molecular flexibility index (Phi) is 5.39. The van der Waals surface area contributed by atoms with E-state index in [-0.39, 0.29) is 12.2 Å². The zero-order valence-corrected chi connectivity index (χ0v) is 15.1. The highest BCUT2D eigenvalue weighted by atomic mass is 16.5. The van der Waals surface area contributed by atoms with Crippen LogP contribution in [0.15, 0.2) is 60.7 Å². The number of fused-ring (bicyclic) bond motifs is 2. The number of ether oxygens (including phenoxy) is 2. The van der Waals surface area contributed by atoms with E-state index in [4.69, 9.17) is 9.47 Å². The molecule has 4 rings (SSSR count). The fraction of sp³-hybridized carbons (Fsp3) is 0.333. The lowest BCUT2D eigenvalue weighted by Crippen LogP contribution is -2.17. The van der Waals surface area contributed by atoms with Crippen LogP contribution in [0.4, 0.5) is 0 Å². The van der Waals surface area contributed by atoms with Gasteiger partial charge in [0.15, 0.2) is 0 Å². The lowest BCUT2D eigenvalue weighted by Gasteiger charge is -2.22. The van der Waals surface area contributed by atoms with Crippen molar-refractivity contribution in [3.05, 3.63) is 71.8 Å². The molecule has 0 bridgehead atoms. The summed E-state index contributed by atoms with van der Waals surface area (Å²) < 4.78 is 12.1. The predicted molar refractivity (Wildman–Crippen MR) is 107 cm³/mol. The molecule has 134 valence electrons. The number of para-hydroxylation sites is 2. The molecule has 2 heterocycles. The first-order valence-electron chi connectivity index (χ1n) is 9.76. The van der Waals surface area contributed by atoms with Gasteiger partial charge in [-0.05, 0) is 50.0 Å². The lowest BCUT2D eigenvalue weighted by molar-refractivity contribution is 0.223. The zero-order chi connectivity index (χ0) is 17.6. The summed E-state index contributed by atoms with van der Waals surface area (Å²) in [4.78, 5) is 0. The van der Waals surface area contributed by atoms with Gasteiger partial charge in [-0.3, -0.25) is 0 Å². The van der Waals surface area contributed by atoms with Gasteiger partial charge in [0.05, 0.1) is 0 Å². The summed E-state index contributed by atoms with van der Waals surface area (Å²) in [5.41, 5.74) is 2.37. The van der Waals surface area contributed by atoms with Crippen LogP contribution < -0.4 is 9.47 Å². The quantitative estimate of drug-likeness (QED) is 0.550. The first kappa shape index (κ1) is 17.0. The number of hydrogen-bond acceptors (Lipinski definition) is 2. The molecule has 2 unspecified atom stereocenters. The van der Waals surface area contributed by atoms with Crippen LogP contribution in [0.5, 0.6) is 11.5 Å². The summed E-state index contributed by atoms with van der Waals surface area (Å²) in [5.74, 6) is 2.03. The maximum absolute atomic E-state index is 6.05. The first-order valence-corrected chi connectivity index (χ1v) is 9.76. The highest BCUT2D eigenvalue weighted by molar-refractivity contribution is 5.60. The van der Waals surface area contributed by atoms with E-state index in [0.717, 1.165) is 24.3 Å². The van der Waals surface area contributed by atoms with E-state index >= 15 is 0 Å². The normalized spacial score (nSPS) is 20.0. The second-order valence-electron chi connectivity index (χ2n) is 7.10. The Balaban J connectivity index is 1.12. The standard InChI is InChI=1S/C24H26O2/c1(3-11-21-17-15-19-9-5-7-13-23(19)25-21)2-4-12-22-18-16-20-10-6-8-14-24(20)26-22/h5-10,13-18,21-22H,1-4,11-12H2. The first-order chi connectivity index (χ1) is 12.9. The van der Waals surface area contributed by atoms with Gasteiger partial charge in [-0.1, -0.05) is 61.4 Å². The van der Waals surface area contributed by atoms with Crippen molar-refractivity contribution in [3.8, 4) is 11.5 Å². The van der Waals surface area contributed by atoms with E-state index in [2.05, 4.69) is 60.7 Å². The van der Waals surface area contributed by atoms with Gasteiger partial charge in [0.2, 0.25) is 0 Å². The van der Waals surface area contributed by atoms with Gasteiger partial charge in [0.25, 0.3) is 0 Å². The minimum atomic E-state index is 0.228. The second-order valence-corrected chi connectivity index (χ2v) is 7.10. The van der Waals surface area contributed by atoms with Crippen LogP contribution in [0.25, 0.3) is 12.2 Å². The van der Waals surface area contributed by atoms with Crippen molar-refractivity contribution in [1.29, 1.82) is 0 Å². The largest absolute Gasteiger partial charge is 0.486 e. The molecule has 26 heavy (non-hydrogen) atoms. The van der Waals surface area contributed by atoms with Crippen molar-refractivity contribution >= 4 is 12.2 Å². The van der Waals surface area contributed by atoms with E-state index in [1.807, 2.05) is 12.1 Å². The molecule has 0 radical (unpaired) electrons. The molecule has 0 aromatic heterocycles. The van der Waals surface area contributed by atoms with Crippen LogP contribution in [0, 0.1) is 0 Å². The van der Waals surface area contributed by atoms with Crippen molar-refractivity contribution in [2.24, 2.45) is 0 Å². The Morgan fingerprint density at radius 1 is 0.577 bits per heavy atom. The Hall–Kier alpha value is -2.48. The van der Waals surface area contributed by atoms with Crippen LogP contribution in [0.1, 0.15) is 49.7 Å². The van der Waals surface area contributed by atoms with E-state index in [9.17, 15) is 0 Å². The van der Waals surface area contributed by atoms with Crippen LogP contribution in [-0.4, -0.2) is 12.2 Å². The van der Waals surface area contributed by atoms with Crippen LogP contribution >= 0.6 is 0 Å². The lowest BCUT2D eigenvalue weighted by atomic mass is 10.0. The molecule has 2 aromatic carbocycles. The average molecular weight is 346 g/mol. The Labute approximate surface area is 156 Å². The van der Waals surface area contributed by atoms with Crippen molar-refractivity contribution in [2.45, 2.75) is 50.7 Å². The molecule has 0 fully saturated rings. The smallest absolute Gasteiger partial charge is 0.127 e. The Bertz CT molecular complexity index is 723. The van der Waals surface area contributed by atoms with E-state index in [0.29, 0.717) is 0 Å². The maximum atomic E-state index is 6.05. The molecule has 2 heteroatoms. The van der Waals surface area contributed by atoms with E-state index < -0.39 is 0 Å². The van der Waals surface area contributed by atoms with E-state index in [1.165, 1.54) is 36.8 Å². The molecule has 0 saturated carbocycles. The SMILES string of the molecule is C1=CC(CCCCCCC2C=Cc3ccccc3O2)Oc2ccccc21. The number of hydrogen-bond donors (Lipinski definition) is 0. The van der Waals surface area contributed by atoms with E-state index in [1.54, 1.807) is 0 Å². The molecular formula is C24H26O2. The minimum absolute atomic E-state index is 0.228. The summed E-state index contributed by atoms with van der Waals surface area (Å²) >= 11 is 0. The number of rotatable bonds is 7. The minimum Gasteiger partial charge on any atom is -0.486 e. The molecule has 0 amide bonds. The predicted octanol–water partition coefficient (Wildman–Crippen LogP) is 6.28. The van der Waals surface area contributed by atoms with Gasteiger partial charge in [0, 0.05) is 11.1 Å². The molecular weight excluding hydrogens is 320 g/mol. The molecule has 0 saturated heterocycles. The number of unbranched alkanes of at least 4 members (excludes halogenated alkanes) is 3. The van der Waals surface area contributed by atoms with Crippen LogP contribution in [0.3, 0.4) is 0 Å². The van der Waals surface area contributed by atoms with Crippen LogP contribution in [0.2, 0.25) is 0 Å². The maximum Gasteiger partial charge on any atom is 0.127 e. The summed E-state index contributed by atoms with van der Waals surface area (Å²) in [5, 5.41) is 0. The highest BCUT2D eigenvalue weighted by Gasteiger charge is 2.15. The van der Waals surface area contributed by atoms with Gasteiger partial charge in [0.1, 0.15) is 23.7 Å². The number of benzene rings is 2. The highest BCUT2D eigenvalue weighted by Crippen LogP contribution is 2.28. The Morgan fingerprint density at radius 2 is 1.04 bits per heavy atom.